The van der Waals surface area contributed by atoms with Crippen molar-refractivity contribution in [3.8, 4) is 11.6 Å². The van der Waals surface area contributed by atoms with E-state index in [9.17, 15) is 17.6 Å². The number of rotatable bonds is 8. The minimum atomic E-state index is -3.50. The molecule has 1 amide bonds. The Kier molecular flexibility index (Phi) is 6.86. The molecule has 12 heteroatoms. The molecule has 3 atom stereocenters. The number of sulfone groups is 1. The third kappa shape index (κ3) is 5.16. The van der Waals surface area contributed by atoms with E-state index in [1.807, 2.05) is 18.7 Å². The Morgan fingerprint density at radius 3 is 2.43 bits per heavy atom. The van der Waals surface area contributed by atoms with Crippen LogP contribution in [0.2, 0.25) is 0 Å². The van der Waals surface area contributed by atoms with E-state index in [1.165, 1.54) is 25.6 Å². The Labute approximate surface area is 215 Å². The lowest BCUT2D eigenvalue weighted by Crippen LogP contribution is -2.49. The number of methoxy groups -OCH3 is 1. The summed E-state index contributed by atoms with van der Waals surface area (Å²) in [5.41, 5.74) is 0.0488. The van der Waals surface area contributed by atoms with Crippen LogP contribution in [-0.4, -0.2) is 66.0 Å². The van der Waals surface area contributed by atoms with E-state index in [0.717, 1.165) is 18.9 Å². The Morgan fingerprint density at radius 2 is 1.84 bits per heavy atom. The van der Waals surface area contributed by atoms with Crippen LogP contribution in [0.5, 0.6) is 11.6 Å². The highest BCUT2D eigenvalue weighted by Crippen LogP contribution is 2.41. The van der Waals surface area contributed by atoms with Crippen LogP contribution in [-0.2, 0) is 14.6 Å². The zero-order valence-electron chi connectivity index (χ0n) is 21.0. The fraction of sp³-hybridized carbons (Fsp3) is 0.560. The fourth-order valence-electron chi connectivity index (χ4n) is 5.13. The van der Waals surface area contributed by atoms with Crippen molar-refractivity contribution in [3.05, 3.63) is 30.3 Å². The second-order valence-electron chi connectivity index (χ2n) is 10.0. The van der Waals surface area contributed by atoms with Crippen LogP contribution >= 0.6 is 0 Å². The standard InChI is InChI=1S/C25H31FN4O6S/c1-14(2)35-25(31)30-15-4-5-16(30)11-17(10-15)36-24-22(34-3)23(27-13-28-24)29-21-9-8-19(12-20(21)26)37(32,33)18-6-7-18/h8-9,12-18H,4-7,10-11H2,1-3H3,(H,27,28,29)/t15-,16?,17+/m0/s1. The van der Waals surface area contributed by atoms with Crippen molar-refractivity contribution in [1.82, 2.24) is 14.9 Å². The normalized spacial score (nSPS) is 23.2. The van der Waals surface area contributed by atoms with Crippen LogP contribution in [0.25, 0.3) is 0 Å². The molecule has 1 unspecified atom stereocenters. The molecule has 37 heavy (non-hydrogen) atoms. The van der Waals surface area contributed by atoms with Crippen molar-refractivity contribution < 1.29 is 31.8 Å². The molecule has 3 fully saturated rings. The number of carbonyl (C=O) groups is 1. The summed E-state index contributed by atoms with van der Waals surface area (Å²) in [6.07, 6.45) is 4.87. The van der Waals surface area contributed by atoms with Crippen LogP contribution < -0.4 is 14.8 Å². The lowest BCUT2D eigenvalue weighted by molar-refractivity contribution is 0.0202. The summed E-state index contributed by atoms with van der Waals surface area (Å²) < 4.78 is 56.8. The average Bonchev–Trinajstić information content (AvgIpc) is 3.66. The third-order valence-corrected chi connectivity index (χ3v) is 9.24. The highest BCUT2D eigenvalue weighted by Gasteiger charge is 2.45. The SMILES string of the molecule is COc1c(Nc2ccc(S(=O)(=O)C3CC3)cc2F)ncnc1O[C@H]1CC2CC[C@@H](C1)N2C(=O)OC(C)C. The summed E-state index contributed by atoms with van der Waals surface area (Å²) in [4.78, 5) is 22.7. The number of ether oxygens (including phenoxy) is 3. The Hall–Kier alpha value is -3.15. The van der Waals surface area contributed by atoms with Gasteiger partial charge in [0.15, 0.2) is 15.7 Å². The zero-order chi connectivity index (χ0) is 26.3. The molecular weight excluding hydrogens is 503 g/mol. The van der Waals surface area contributed by atoms with Crippen LogP contribution in [0.3, 0.4) is 0 Å². The lowest BCUT2D eigenvalue weighted by atomic mass is 10.0. The molecule has 1 aliphatic carbocycles. The smallest absolute Gasteiger partial charge is 0.410 e. The molecule has 2 aromatic rings. The summed E-state index contributed by atoms with van der Waals surface area (Å²) in [5, 5.41) is 2.45. The van der Waals surface area contributed by atoms with Crippen LogP contribution in [0.4, 0.5) is 20.7 Å². The van der Waals surface area contributed by atoms with E-state index in [-0.39, 0.29) is 58.4 Å². The molecule has 1 aromatic carbocycles. The Balaban J connectivity index is 1.30. The van der Waals surface area contributed by atoms with Crippen molar-refractivity contribution in [2.75, 3.05) is 12.4 Å². The van der Waals surface area contributed by atoms with E-state index in [1.54, 1.807) is 0 Å². The number of halogens is 1. The summed E-state index contributed by atoms with van der Waals surface area (Å²) in [6.45, 7) is 3.66. The molecule has 5 rings (SSSR count). The molecule has 1 saturated carbocycles. The van der Waals surface area contributed by atoms with Gasteiger partial charge in [0, 0.05) is 24.9 Å². The van der Waals surface area contributed by atoms with Gasteiger partial charge in [-0.05, 0) is 57.7 Å². The number of amides is 1. The molecule has 0 radical (unpaired) electrons. The highest BCUT2D eigenvalue weighted by molar-refractivity contribution is 7.92. The predicted octanol–water partition coefficient (Wildman–Crippen LogP) is 4.22. The van der Waals surface area contributed by atoms with Gasteiger partial charge in [0.2, 0.25) is 5.75 Å². The quantitative estimate of drug-likeness (QED) is 0.531. The maximum atomic E-state index is 14.8. The van der Waals surface area contributed by atoms with Gasteiger partial charge in [-0.1, -0.05) is 0 Å². The summed E-state index contributed by atoms with van der Waals surface area (Å²) >= 11 is 0. The van der Waals surface area contributed by atoms with Crippen molar-refractivity contribution in [2.24, 2.45) is 0 Å². The number of carbonyl (C=O) groups excluding carboxylic acids is 1. The van der Waals surface area contributed by atoms with Crippen LogP contribution in [0, 0.1) is 5.82 Å². The van der Waals surface area contributed by atoms with Crippen molar-refractivity contribution in [3.63, 3.8) is 0 Å². The average molecular weight is 535 g/mol. The molecule has 3 heterocycles. The van der Waals surface area contributed by atoms with E-state index in [2.05, 4.69) is 15.3 Å². The van der Waals surface area contributed by atoms with Gasteiger partial charge in [0.1, 0.15) is 18.2 Å². The number of hydrogen-bond donors (Lipinski definition) is 1. The number of piperidine rings is 1. The Morgan fingerprint density at radius 1 is 1.14 bits per heavy atom. The zero-order valence-corrected chi connectivity index (χ0v) is 21.8. The van der Waals surface area contributed by atoms with Crippen molar-refractivity contribution >= 4 is 27.4 Å². The molecular formula is C25H31FN4O6S. The molecule has 200 valence electrons. The van der Waals surface area contributed by atoms with Gasteiger partial charge in [-0.25, -0.2) is 22.6 Å². The van der Waals surface area contributed by atoms with Gasteiger partial charge in [-0.2, -0.15) is 4.98 Å². The Bertz CT molecular complexity index is 1270. The first-order valence-corrected chi connectivity index (χ1v) is 14.1. The van der Waals surface area contributed by atoms with Gasteiger partial charge < -0.3 is 24.4 Å². The first kappa shape index (κ1) is 25.5. The second kappa shape index (κ2) is 9.96. The van der Waals surface area contributed by atoms with Gasteiger partial charge in [0.25, 0.3) is 5.88 Å². The largest absolute Gasteiger partial charge is 0.489 e. The summed E-state index contributed by atoms with van der Waals surface area (Å²) in [5.74, 6) is -0.131. The minimum absolute atomic E-state index is 0.0277. The lowest BCUT2D eigenvalue weighted by Gasteiger charge is -2.38. The minimum Gasteiger partial charge on any atom is -0.489 e. The number of nitrogens with zero attached hydrogens (tertiary/aromatic N) is 3. The predicted molar refractivity (Wildman–Crippen MR) is 132 cm³/mol. The molecule has 2 saturated heterocycles. The molecule has 0 spiro atoms. The summed E-state index contributed by atoms with van der Waals surface area (Å²) in [6, 6.07) is 3.84. The van der Waals surface area contributed by atoms with Crippen LogP contribution in [0.1, 0.15) is 52.4 Å². The number of hydrogen-bond acceptors (Lipinski definition) is 9. The third-order valence-electron chi connectivity index (χ3n) is 6.98. The van der Waals surface area contributed by atoms with E-state index in [0.29, 0.717) is 25.7 Å². The maximum absolute atomic E-state index is 14.8. The summed E-state index contributed by atoms with van der Waals surface area (Å²) in [7, 11) is -2.07. The van der Waals surface area contributed by atoms with Gasteiger partial charge in [-0.3, -0.25) is 0 Å². The number of anilines is 2. The number of fused-ring (bicyclic) bond motifs is 2. The molecule has 3 aliphatic rings. The molecule has 1 N–H and O–H groups in total. The first-order chi connectivity index (χ1) is 17.7. The maximum Gasteiger partial charge on any atom is 0.410 e. The number of benzene rings is 1. The van der Waals surface area contributed by atoms with Gasteiger partial charge >= 0.3 is 6.09 Å². The molecule has 2 aliphatic heterocycles. The van der Waals surface area contributed by atoms with E-state index < -0.39 is 20.9 Å². The molecule has 2 bridgehead atoms. The first-order valence-electron chi connectivity index (χ1n) is 12.5. The van der Waals surface area contributed by atoms with Crippen molar-refractivity contribution in [2.45, 2.75) is 86.8 Å². The number of nitrogens with one attached hydrogen (secondary N) is 1. The molecule has 10 nitrogen and oxygen atoms in total. The topological polar surface area (TPSA) is 120 Å². The molecule has 1 aromatic heterocycles. The monoisotopic (exact) mass is 534 g/mol. The van der Waals surface area contributed by atoms with E-state index in [4.69, 9.17) is 14.2 Å². The number of aromatic nitrogens is 2. The van der Waals surface area contributed by atoms with Gasteiger partial charge in [0.05, 0.1) is 29.0 Å². The highest BCUT2D eigenvalue weighted by atomic mass is 32.2. The second-order valence-corrected chi connectivity index (χ2v) is 12.2. The van der Waals surface area contributed by atoms with Gasteiger partial charge in [-0.15, -0.1) is 0 Å². The van der Waals surface area contributed by atoms with Crippen LogP contribution in [0.15, 0.2) is 29.4 Å². The van der Waals surface area contributed by atoms with Crippen molar-refractivity contribution in [1.29, 1.82) is 0 Å². The van der Waals surface area contributed by atoms with E-state index >= 15 is 0 Å². The fourth-order valence-corrected chi connectivity index (χ4v) is 6.80.